The van der Waals surface area contributed by atoms with Crippen LogP contribution in [0.4, 0.5) is 5.69 Å². The van der Waals surface area contributed by atoms with Gasteiger partial charge in [-0.1, -0.05) is 12.1 Å². The van der Waals surface area contributed by atoms with E-state index < -0.39 is 0 Å². The maximum absolute atomic E-state index is 5.41. The number of hydrogen-bond acceptors (Lipinski definition) is 5. The summed E-state index contributed by atoms with van der Waals surface area (Å²) in [7, 11) is 0. The molecule has 7 heteroatoms. The monoisotopic (exact) mass is 373 g/mol. The first-order valence-corrected chi connectivity index (χ1v) is 9.91. The summed E-state index contributed by atoms with van der Waals surface area (Å²) in [6.45, 7) is 9.85. The van der Waals surface area contributed by atoms with Crippen molar-refractivity contribution in [1.29, 1.82) is 0 Å². The minimum Gasteiger partial charge on any atom is -0.378 e. The number of morpholine rings is 1. The van der Waals surface area contributed by atoms with Gasteiger partial charge in [0.15, 0.2) is 5.96 Å². The van der Waals surface area contributed by atoms with Crippen LogP contribution in [-0.4, -0.2) is 43.8 Å². The SMILES string of the molecule is CCNC(=NCc1ccc(N2CCOCC2)cc1)NCc1ncc(C)s1. The Balaban J connectivity index is 1.56. The van der Waals surface area contributed by atoms with Gasteiger partial charge in [0.1, 0.15) is 5.01 Å². The highest BCUT2D eigenvalue weighted by Crippen LogP contribution is 2.17. The molecule has 1 aromatic carbocycles. The van der Waals surface area contributed by atoms with Crippen molar-refractivity contribution >= 4 is 23.0 Å². The van der Waals surface area contributed by atoms with Crippen LogP contribution in [0.25, 0.3) is 0 Å². The van der Waals surface area contributed by atoms with Gasteiger partial charge in [0.25, 0.3) is 0 Å². The third-order valence-electron chi connectivity index (χ3n) is 4.15. The highest BCUT2D eigenvalue weighted by Gasteiger charge is 2.10. The second kappa shape index (κ2) is 9.54. The van der Waals surface area contributed by atoms with Crippen molar-refractivity contribution in [3.63, 3.8) is 0 Å². The number of aliphatic imine (C=N–C) groups is 1. The van der Waals surface area contributed by atoms with Gasteiger partial charge in [0.05, 0.1) is 26.3 Å². The molecule has 140 valence electrons. The summed E-state index contributed by atoms with van der Waals surface area (Å²) in [5, 5.41) is 7.71. The molecule has 6 nitrogen and oxygen atoms in total. The molecule has 0 spiro atoms. The van der Waals surface area contributed by atoms with Crippen molar-refractivity contribution in [3.8, 4) is 0 Å². The number of anilines is 1. The lowest BCUT2D eigenvalue weighted by molar-refractivity contribution is 0.122. The summed E-state index contributed by atoms with van der Waals surface area (Å²) in [6.07, 6.45) is 1.90. The molecule has 26 heavy (non-hydrogen) atoms. The number of aromatic nitrogens is 1. The lowest BCUT2D eigenvalue weighted by atomic mass is 10.2. The quantitative estimate of drug-likeness (QED) is 0.602. The van der Waals surface area contributed by atoms with E-state index in [0.29, 0.717) is 13.1 Å². The number of ether oxygens (including phenoxy) is 1. The first kappa shape index (κ1) is 18.7. The van der Waals surface area contributed by atoms with Crippen LogP contribution >= 0.6 is 11.3 Å². The molecule has 1 fully saturated rings. The third-order valence-corrected chi connectivity index (χ3v) is 5.07. The maximum Gasteiger partial charge on any atom is 0.191 e. The minimum atomic E-state index is 0.648. The van der Waals surface area contributed by atoms with Gasteiger partial charge in [-0.25, -0.2) is 9.98 Å². The fourth-order valence-electron chi connectivity index (χ4n) is 2.79. The number of guanidine groups is 1. The summed E-state index contributed by atoms with van der Waals surface area (Å²) in [6, 6.07) is 8.66. The zero-order valence-corrected chi connectivity index (χ0v) is 16.3. The van der Waals surface area contributed by atoms with Gasteiger partial charge in [-0.05, 0) is 31.5 Å². The molecule has 2 N–H and O–H groups in total. The Labute approximate surface area is 159 Å². The van der Waals surface area contributed by atoms with Crippen LogP contribution in [-0.2, 0) is 17.8 Å². The second-order valence-corrected chi connectivity index (χ2v) is 7.50. The largest absolute Gasteiger partial charge is 0.378 e. The Morgan fingerprint density at radius 1 is 1.23 bits per heavy atom. The number of rotatable bonds is 6. The minimum absolute atomic E-state index is 0.648. The normalized spacial score (nSPS) is 15.2. The Bertz CT molecular complexity index is 707. The van der Waals surface area contributed by atoms with Gasteiger partial charge in [-0.3, -0.25) is 0 Å². The summed E-state index contributed by atoms with van der Waals surface area (Å²) in [5.74, 6) is 0.817. The van der Waals surface area contributed by atoms with Crippen molar-refractivity contribution in [2.75, 3.05) is 37.7 Å². The third kappa shape index (κ3) is 5.44. The lowest BCUT2D eigenvalue weighted by Gasteiger charge is -2.28. The molecule has 1 aromatic heterocycles. The van der Waals surface area contributed by atoms with Crippen LogP contribution in [0.2, 0.25) is 0 Å². The number of aryl methyl sites for hydroxylation is 1. The molecule has 0 unspecified atom stereocenters. The summed E-state index contributed by atoms with van der Waals surface area (Å²) in [5.41, 5.74) is 2.45. The average Bonchev–Trinajstić information content (AvgIpc) is 3.10. The van der Waals surface area contributed by atoms with Gasteiger partial charge < -0.3 is 20.3 Å². The zero-order chi connectivity index (χ0) is 18.2. The first-order valence-electron chi connectivity index (χ1n) is 9.09. The molecule has 3 rings (SSSR count). The first-order chi connectivity index (χ1) is 12.7. The molecule has 2 heterocycles. The van der Waals surface area contributed by atoms with E-state index in [4.69, 9.17) is 4.74 Å². The fourth-order valence-corrected chi connectivity index (χ4v) is 3.52. The number of thiazole rings is 1. The summed E-state index contributed by atoms with van der Waals surface area (Å²) < 4.78 is 5.41. The Morgan fingerprint density at radius 3 is 2.65 bits per heavy atom. The number of hydrogen-bond donors (Lipinski definition) is 2. The van der Waals surface area contributed by atoms with Crippen LogP contribution in [0.5, 0.6) is 0 Å². The highest BCUT2D eigenvalue weighted by molar-refractivity contribution is 7.11. The van der Waals surface area contributed by atoms with E-state index in [2.05, 4.69) is 63.6 Å². The molecular weight excluding hydrogens is 346 g/mol. The van der Waals surface area contributed by atoms with Gasteiger partial charge in [-0.15, -0.1) is 11.3 Å². The maximum atomic E-state index is 5.41. The van der Waals surface area contributed by atoms with Gasteiger partial charge in [-0.2, -0.15) is 0 Å². The fraction of sp³-hybridized carbons (Fsp3) is 0.474. The van der Waals surface area contributed by atoms with Crippen LogP contribution in [0.15, 0.2) is 35.5 Å². The molecule has 0 radical (unpaired) electrons. The van der Waals surface area contributed by atoms with Crippen molar-refractivity contribution in [2.45, 2.75) is 26.9 Å². The Hall–Kier alpha value is -2.12. The van der Waals surface area contributed by atoms with E-state index in [1.807, 2.05) is 6.20 Å². The number of benzene rings is 1. The highest BCUT2D eigenvalue weighted by atomic mass is 32.1. The van der Waals surface area contributed by atoms with Crippen LogP contribution in [0, 0.1) is 6.92 Å². The Morgan fingerprint density at radius 2 is 2.00 bits per heavy atom. The molecule has 0 aliphatic carbocycles. The van der Waals surface area contributed by atoms with Crippen molar-refractivity contribution < 1.29 is 4.74 Å². The van der Waals surface area contributed by atoms with Crippen LogP contribution in [0.3, 0.4) is 0 Å². The van der Waals surface area contributed by atoms with E-state index >= 15 is 0 Å². The molecule has 1 saturated heterocycles. The Kier molecular flexibility index (Phi) is 6.85. The molecule has 0 atom stereocenters. The molecule has 0 bridgehead atoms. The van der Waals surface area contributed by atoms with Gasteiger partial charge in [0.2, 0.25) is 0 Å². The van der Waals surface area contributed by atoms with Gasteiger partial charge in [0, 0.05) is 36.4 Å². The van der Waals surface area contributed by atoms with Gasteiger partial charge >= 0.3 is 0 Å². The molecule has 1 aliphatic rings. The topological polar surface area (TPSA) is 61.8 Å². The van der Waals surface area contributed by atoms with Crippen molar-refractivity contribution in [2.24, 2.45) is 4.99 Å². The molecule has 2 aromatic rings. The lowest BCUT2D eigenvalue weighted by Crippen LogP contribution is -2.36. The van der Waals surface area contributed by atoms with Crippen molar-refractivity contribution in [1.82, 2.24) is 15.6 Å². The van der Waals surface area contributed by atoms with E-state index in [-0.39, 0.29) is 0 Å². The van der Waals surface area contributed by atoms with E-state index in [0.717, 1.165) is 43.8 Å². The second-order valence-electron chi connectivity index (χ2n) is 6.18. The van der Waals surface area contributed by atoms with Crippen LogP contribution < -0.4 is 15.5 Å². The average molecular weight is 374 g/mol. The summed E-state index contributed by atoms with van der Waals surface area (Å²) in [4.78, 5) is 12.7. The van der Waals surface area contributed by atoms with E-state index in [1.54, 1.807) is 11.3 Å². The van der Waals surface area contributed by atoms with Crippen molar-refractivity contribution in [3.05, 3.63) is 45.9 Å². The smallest absolute Gasteiger partial charge is 0.191 e. The summed E-state index contributed by atoms with van der Waals surface area (Å²) >= 11 is 1.71. The van der Waals surface area contributed by atoms with Crippen LogP contribution in [0.1, 0.15) is 22.4 Å². The molecule has 0 amide bonds. The molecule has 1 aliphatic heterocycles. The molecule has 0 saturated carbocycles. The predicted octanol–water partition coefficient (Wildman–Crippen LogP) is 2.54. The number of nitrogens with zero attached hydrogens (tertiary/aromatic N) is 3. The molecular formula is C19H27N5OS. The van der Waals surface area contributed by atoms with E-state index in [9.17, 15) is 0 Å². The predicted molar refractivity (Wildman–Crippen MR) is 108 cm³/mol. The van der Waals surface area contributed by atoms with E-state index in [1.165, 1.54) is 16.1 Å². The zero-order valence-electron chi connectivity index (χ0n) is 15.5. The number of nitrogens with one attached hydrogen (secondary N) is 2. The standard InChI is InChI=1S/C19H27N5OS/c1-3-20-19(23-14-18-21-12-15(2)26-18)22-13-16-4-6-17(7-5-16)24-8-10-25-11-9-24/h4-7,12H,3,8-11,13-14H2,1-2H3,(H2,20,22,23).